The number of carbonyl (C=O) groups is 2. The van der Waals surface area contributed by atoms with Crippen LogP contribution < -0.4 is 10.6 Å². The van der Waals surface area contributed by atoms with Crippen molar-refractivity contribution in [2.45, 2.75) is 51.1 Å². The first kappa shape index (κ1) is 14.4. The molecule has 110 valence electrons. The van der Waals surface area contributed by atoms with Crippen LogP contribution in [0.1, 0.15) is 55.8 Å². The van der Waals surface area contributed by atoms with Gasteiger partial charge in [-0.15, -0.1) is 0 Å². The molecule has 0 radical (unpaired) electrons. The van der Waals surface area contributed by atoms with Crippen LogP contribution in [0.4, 0.5) is 4.79 Å². The zero-order valence-corrected chi connectivity index (χ0v) is 11.7. The Balaban J connectivity index is 2.09. The van der Waals surface area contributed by atoms with Gasteiger partial charge in [0.2, 0.25) is 0 Å². The van der Waals surface area contributed by atoms with Gasteiger partial charge in [-0.25, -0.2) is 14.6 Å². The number of nitrogens with one attached hydrogen (secondary N) is 3. The van der Waals surface area contributed by atoms with E-state index >= 15 is 0 Å². The van der Waals surface area contributed by atoms with Crippen molar-refractivity contribution < 1.29 is 14.7 Å². The second-order valence-corrected chi connectivity index (χ2v) is 5.29. The minimum Gasteiger partial charge on any atom is -0.477 e. The van der Waals surface area contributed by atoms with E-state index in [1.807, 2.05) is 13.8 Å². The lowest BCUT2D eigenvalue weighted by molar-refractivity contribution is 0.0690. The molecule has 0 aliphatic heterocycles. The molecule has 1 aromatic rings. The van der Waals surface area contributed by atoms with Crippen molar-refractivity contribution in [1.29, 1.82) is 0 Å². The van der Waals surface area contributed by atoms with Crippen molar-refractivity contribution in [3.8, 4) is 0 Å². The van der Waals surface area contributed by atoms with Crippen molar-refractivity contribution in [3.05, 3.63) is 17.7 Å². The SMILES string of the molecule is CCC(C)NC(=O)NC1(c2ncc(C(=O)O)[nH]2)CCC1. The summed E-state index contributed by atoms with van der Waals surface area (Å²) in [5, 5.41) is 14.7. The number of imidazole rings is 1. The van der Waals surface area contributed by atoms with Crippen LogP contribution in [-0.4, -0.2) is 33.1 Å². The molecule has 7 heteroatoms. The average Bonchev–Trinajstić information content (AvgIpc) is 2.83. The van der Waals surface area contributed by atoms with Gasteiger partial charge in [0.1, 0.15) is 11.5 Å². The Morgan fingerprint density at radius 2 is 2.25 bits per heavy atom. The fourth-order valence-electron chi connectivity index (χ4n) is 2.20. The lowest BCUT2D eigenvalue weighted by Crippen LogP contribution is -2.55. The number of hydrogen-bond donors (Lipinski definition) is 4. The Morgan fingerprint density at radius 1 is 1.55 bits per heavy atom. The molecule has 1 atom stereocenters. The number of rotatable bonds is 5. The van der Waals surface area contributed by atoms with Gasteiger partial charge < -0.3 is 20.7 Å². The van der Waals surface area contributed by atoms with Gasteiger partial charge in [-0.2, -0.15) is 0 Å². The summed E-state index contributed by atoms with van der Waals surface area (Å²) < 4.78 is 0. The van der Waals surface area contributed by atoms with Crippen LogP contribution in [0.15, 0.2) is 6.20 Å². The molecular weight excluding hydrogens is 260 g/mol. The number of aromatic carboxylic acids is 1. The van der Waals surface area contributed by atoms with Crippen LogP contribution in [0.5, 0.6) is 0 Å². The molecule has 4 N–H and O–H groups in total. The van der Waals surface area contributed by atoms with E-state index in [-0.39, 0.29) is 17.8 Å². The number of amides is 2. The van der Waals surface area contributed by atoms with E-state index in [2.05, 4.69) is 20.6 Å². The molecule has 7 nitrogen and oxygen atoms in total. The summed E-state index contributed by atoms with van der Waals surface area (Å²) in [7, 11) is 0. The molecule has 1 aliphatic rings. The number of carboxylic acid groups (broad SMARTS) is 1. The highest BCUT2D eigenvalue weighted by molar-refractivity contribution is 5.85. The fourth-order valence-corrected chi connectivity index (χ4v) is 2.20. The maximum atomic E-state index is 12.0. The molecule has 0 spiro atoms. The predicted molar refractivity (Wildman–Crippen MR) is 72.5 cm³/mol. The van der Waals surface area contributed by atoms with Crippen LogP contribution in [0.2, 0.25) is 0 Å². The number of H-pyrrole nitrogens is 1. The first-order chi connectivity index (χ1) is 9.47. The Bertz CT molecular complexity index is 507. The molecule has 0 saturated heterocycles. The number of aromatic amines is 1. The molecule has 0 aromatic carbocycles. The van der Waals surface area contributed by atoms with E-state index in [0.29, 0.717) is 5.82 Å². The Morgan fingerprint density at radius 3 is 2.70 bits per heavy atom. The number of hydrogen-bond acceptors (Lipinski definition) is 3. The van der Waals surface area contributed by atoms with Gasteiger partial charge in [0.15, 0.2) is 0 Å². The third kappa shape index (κ3) is 2.76. The van der Waals surface area contributed by atoms with Gasteiger partial charge in [0.05, 0.1) is 11.7 Å². The number of aromatic nitrogens is 2. The van der Waals surface area contributed by atoms with E-state index in [1.54, 1.807) is 0 Å². The van der Waals surface area contributed by atoms with Crippen molar-refractivity contribution in [1.82, 2.24) is 20.6 Å². The lowest BCUT2D eigenvalue weighted by atomic mass is 9.76. The topological polar surface area (TPSA) is 107 Å². The maximum absolute atomic E-state index is 12.0. The molecule has 1 heterocycles. The summed E-state index contributed by atoms with van der Waals surface area (Å²) >= 11 is 0. The Hall–Kier alpha value is -2.05. The Labute approximate surface area is 117 Å². The van der Waals surface area contributed by atoms with Crippen molar-refractivity contribution in [3.63, 3.8) is 0 Å². The van der Waals surface area contributed by atoms with Crippen LogP contribution in [-0.2, 0) is 5.54 Å². The van der Waals surface area contributed by atoms with Crippen LogP contribution in [0.3, 0.4) is 0 Å². The fraction of sp³-hybridized carbons (Fsp3) is 0.615. The molecule has 1 aliphatic carbocycles. The molecule has 1 saturated carbocycles. The average molecular weight is 280 g/mol. The lowest BCUT2D eigenvalue weighted by Gasteiger charge is -2.40. The third-order valence-corrected chi connectivity index (χ3v) is 3.81. The smallest absolute Gasteiger partial charge is 0.353 e. The minimum absolute atomic E-state index is 0.0374. The minimum atomic E-state index is -1.05. The first-order valence-electron chi connectivity index (χ1n) is 6.84. The summed E-state index contributed by atoms with van der Waals surface area (Å²) in [5.41, 5.74) is -0.527. The monoisotopic (exact) mass is 280 g/mol. The molecule has 1 unspecified atom stereocenters. The van der Waals surface area contributed by atoms with E-state index in [0.717, 1.165) is 25.7 Å². The molecule has 2 amide bonds. The quantitative estimate of drug-likeness (QED) is 0.657. The highest BCUT2D eigenvalue weighted by Gasteiger charge is 2.43. The number of carbonyl (C=O) groups excluding carboxylic acids is 1. The second kappa shape index (κ2) is 5.52. The van der Waals surface area contributed by atoms with Gasteiger partial charge in [0, 0.05) is 6.04 Å². The number of urea groups is 1. The molecule has 0 bridgehead atoms. The third-order valence-electron chi connectivity index (χ3n) is 3.81. The van der Waals surface area contributed by atoms with E-state index in [9.17, 15) is 9.59 Å². The highest BCUT2D eigenvalue weighted by atomic mass is 16.4. The van der Waals surface area contributed by atoms with E-state index in [1.165, 1.54) is 6.20 Å². The Kier molecular flexibility index (Phi) is 3.96. The highest BCUT2D eigenvalue weighted by Crippen LogP contribution is 2.39. The van der Waals surface area contributed by atoms with Gasteiger partial charge in [-0.05, 0) is 32.6 Å². The van der Waals surface area contributed by atoms with Gasteiger partial charge in [-0.3, -0.25) is 0 Å². The molecule has 2 rings (SSSR count). The first-order valence-corrected chi connectivity index (χ1v) is 6.84. The van der Waals surface area contributed by atoms with Crippen LogP contribution in [0, 0.1) is 0 Å². The van der Waals surface area contributed by atoms with Crippen molar-refractivity contribution >= 4 is 12.0 Å². The van der Waals surface area contributed by atoms with Gasteiger partial charge in [-0.1, -0.05) is 6.92 Å². The maximum Gasteiger partial charge on any atom is 0.353 e. The van der Waals surface area contributed by atoms with E-state index in [4.69, 9.17) is 5.11 Å². The zero-order valence-electron chi connectivity index (χ0n) is 11.7. The number of nitrogens with zero attached hydrogens (tertiary/aromatic N) is 1. The second-order valence-electron chi connectivity index (χ2n) is 5.29. The standard InChI is InChI=1S/C13H20N4O3/c1-3-8(2)15-12(20)17-13(5-4-6-13)11-14-7-9(16-11)10(18)19/h7-8H,3-6H2,1-2H3,(H,14,16)(H,18,19)(H2,15,17,20). The summed E-state index contributed by atoms with van der Waals surface area (Å²) in [6.07, 6.45) is 4.63. The van der Waals surface area contributed by atoms with Crippen molar-refractivity contribution in [2.75, 3.05) is 0 Å². The molecule has 1 fully saturated rings. The molecular formula is C13H20N4O3. The van der Waals surface area contributed by atoms with E-state index < -0.39 is 11.5 Å². The molecule has 1 aromatic heterocycles. The predicted octanol–water partition coefficient (Wildman–Crippen LogP) is 1.58. The summed E-state index contributed by atoms with van der Waals surface area (Å²) in [6.45, 7) is 3.93. The summed E-state index contributed by atoms with van der Waals surface area (Å²) in [5.74, 6) is -0.539. The van der Waals surface area contributed by atoms with Crippen LogP contribution in [0.25, 0.3) is 0 Å². The summed E-state index contributed by atoms with van der Waals surface area (Å²) in [4.78, 5) is 29.7. The summed E-state index contributed by atoms with van der Waals surface area (Å²) in [6, 6.07) is -0.148. The van der Waals surface area contributed by atoms with Crippen LogP contribution >= 0.6 is 0 Å². The van der Waals surface area contributed by atoms with Gasteiger partial charge >= 0.3 is 12.0 Å². The molecule has 20 heavy (non-hydrogen) atoms. The normalized spacial score (nSPS) is 17.9. The zero-order chi connectivity index (χ0) is 14.8. The largest absolute Gasteiger partial charge is 0.477 e. The van der Waals surface area contributed by atoms with Gasteiger partial charge in [0.25, 0.3) is 0 Å². The van der Waals surface area contributed by atoms with Crippen molar-refractivity contribution in [2.24, 2.45) is 0 Å². The number of carboxylic acids is 1.